The van der Waals surface area contributed by atoms with Gasteiger partial charge < -0.3 is 4.84 Å². The molecule has 3 aromatic rings. The van der Waals surface area contributed by atoms with Gasteiger partial charge in [0.1, 0.15) is 5.84 Å². The Morgan fingerprint density at radius 1 is 1.25 bits per heavy atom. The van der Waals surface area contributed by atoms with Gasteiger partial charge in [-0.2, -0.15) is 0 Å². The second-order valence-corrected chi connectivity index (χ2v) is 5.71. The first kappa shape index (κ1) is 19.0. The number of aliphatic imine (C=N–C) groups is 1. The largest absolute Gasteiger partial charge is 0.441 e. The van der Waals surface area contributed by atoms with Gasteiger partial charge in [0.05, 0.1) is 5.69 Å². The highest BCUT2D eigenvalue weighted by Crippen LogP contribution is 2.12. The number of amidine groups is 1. The smallest absolute Gasteiger partial charge is 0.389 e. The average Bonchev–Trinajstić information content (AvgIpc) is 3.05. The summed E-state index contributed by atoms with van der Waals surface area (Å²) < 4.78 is 5.94. The Labute approximate surface area is 159 Å². The van der Waals surface area contributed by atoms with E-state index in [4.69, 9.17) is 14.6 Å². The molecule has 0 aliphatic heterocycles. The number of aromatic nitrogens is 3. The van der Waals surface area contributed by atoms with E-state index in [2.05, 4.69) is 20.3 Å². The fraction of sp³-hybridized carbons (Fsp3) is 0.167. The quantitative estimate of drug-likeness (QED) is 0.378. The van der Waals surface area contributed by atoms with Crippen LogP contribution in [0, 0.1) is 0 Å². The zero-order valence-corrected chi connectivity index (χ0v) is 15.2. The minimum Gasteiger partial charge on any atom is -0.389 e. The van der Waals surface area contributed by atoms with Crippen molar-refractivity contribution in [2.75, 3.05) is 0 Å². The molecule has 0 saturated heterocycles. The van der Waals surface area contributed by atoms with Crippen molar-refractivity contribution in [3.8, 4) is 0 Å². The van der Waals surface area contributed by atoms with Gasteiger partial charge in [0.15, 0.2) is 18.1 Å². The van der Waals surface area contributed by atoms with Crippen LogP contribution in [0.3, 0.4) is 0 Å². The molecule has 0 spiro atoms. The molecule has 10 heteroatoms. The van der Waals surface area contributed by atoms with Gasteiger partial charge in [-0.05, 0) is 19.1 Å². The molecule has 0 aliphatic carbocycles. The van der Waals surface area contributed by atoms with E-state index in [0.29, 0.717) is 28.6 Å². The van der Waals surface area contributed by atoms with Crippen molar-refractivity contribution >= 4 is 17.4 Å². The lowest BCUT2D eigenvalue weighted by molar-refractivity contribution is 0.128. The molecule has 0 bridgehead atoms. The molecule has 0 saturated carbocycles. The molecule has 3 rings (SSSR count). The number of hydrogen-bond acceptors (Lipinski definition) is 8. The minimum absolute atomic E-state index is 0.0666. The van der Waals surface area contributed by atoms with Crippen LogP contribution in [0.25, 0.3) is 0 Å². The number of hydrogen-bond donors (Lipinski definition) is 2. The number of nitrogens with zero attached hydrogens (tertiary/aromatic N) is 5. The van der Waals surface area contributed by atoms with Crippen LogP contribution in [0.1, 0.15) is 24.0 Å². The number of rotatable bonds is 6. The van der Waals surface area contributed by atoms with Gasteiger partial charge in [0.25, 0.3) is 0 Å². The maximum atomic E-state index is 11.6. The summed E-state index contributed by atoms with van der Waals surface area (Å²) in [5.41, 5.74) is 3.59. The molecule has 0 atom stereocenters. The molecule has 0 amide bonds. The molecule has 28 heavy (non-hydrogen) atoms. The van der Waals surface area contributed by atoms with Crippen molar-refractivity contribution in [2.24, 2.45) is 17.2 Å². The first-order valence-electron chi connectivity index (χ1n) is 8.28. The number of nitrogens with one attached hydrogen (secondary N) is 1. The van der Waals surface area contributed by atoms with E-state index in [9.17, 15) is 4.79 Å². The fourth-order valence-corrected chi connectivity index (χ4v) is 2.28. The maximum Gasteiger partial charge on any atom is 0.441 e. The standard InChI is InChI=1S/C18H18N6O4/c1-12(21-26)19-15-10-6-9-14(20-15)11-27-22-16(13-7-4-3-5-8-13)17-23-28-18(25)24(17)2/h3-10,26H,11H2,1-2H3,(H,19,20,21)/b22-16+. The average molecular weight is 382 g/mol. The molecule has 0 unspecified atom stereocenters. The number of benzene rings is 1. The SMILES string of the molecule is CC(=Nc1cccc(CO/N=C(\c2ccccc2)c2noc(=O)n2C)n1)NO. The van der Waals surface area contributed by atoms with Gasteiger partial charge in [-0.25, -0.2) is 14.8 Å². The molecule has 2 aromatic heterocycles. The lowest BCUT2D eigenvalue weighted by atomic mass is 10.1. The van der Waals surface area contributed by atoms with E-state index >= 15 is 0 Å². The molecule has 10 nitrogen and oxygen atoms in total. The fourth-order valence-electron chi connectivity index (χ4n) is 2.28. The van der Waals surface area contributed by atoms with Gasteiger partial charge in [-0.15, -0.1) is 0 Å². The Kier molecular flexibility index (Phi) is 5.92. The van der Waals surface area contributed by atoms with Gasteiger partial charge >= 0.3 is 5.76 Å². The van der Waals surface area contributed by atoms with Crippen molar-refractivity contribution < 1.29 is 14.6 Å². The third kappa shape index (κ3) is 4.48. The van der Waals surface area contributed by atoms with Gasteiger partial charge in [0.2, 0.25) is 5.82 Å². The lowest BCUT2D eigenvalue weighted by Gasteiger charge is -2.06. The molecule has 2 N–H and O–H groups in total. The van der Waals surface area contributed by atoms with Crippen LogP contribution < -0.4 is 11.2 Å². The monoisotopic (exact) mass is 382 g/mol. The summed E-state index contributed by atoms with van der Waals surface area (Å²) in [4.78, 5) is 25.5. The van der Waals surface area contributed by atoms with Crippen molar-refractivity contribution in [1.82, 2.24) is 20.2 Å². The summed E-state index contributed by atoms with van der Waals surface area (Å²) in [6.07, 6.45) is 0. The second-order valence-electron chi connectivity index (χ2n) is 5.71. The Hall–Kier alpha value is -3.79. The molecule has 2 heterocycles. The maximum absolute atomic E-state index is 11.6. The Balaban J connectivity index is 1.84. The van der Waals surface area contributed by atoms with Crippen molar-refractivity contribution in [1.29, 1.82) is 0 Å². The van der Waals surface area contributed by atoms with Gasteiger partial charge in [0, 0.05) is 12.6 Å². The summed E-state index contributed by atoms with van der Waals surface area (Å²) in [5.74, 6) is 0.360. The van der Waals surface area contributed by atoms with Crippen molar-refractivity contribution in [3.05, 3.63) is 76.2 Å². The molecule has 0 radical (unpaired) electrons. The molecule has 0 aliphatic rings. The lowest BCUT2D eigenvalue weighted by Crippen LogP contribution is -2.17. The third-order valence-corrected chi connectivity index (χ3v) is 3.67. The predicted molar refractivity (Wildman–Crippen MR) is 101 cm³/mol. The number of oxime groups is 1. The topological polar surface area (TPSA) is 127 Å². The van der Waals surface area contributed by atoms with Crippen molar-refractivity contribution in [2.45, 2.75) is 13.5 Å². The summed E-state index contributed by atoms with van der Waals surface area (Å²) >= 11 is 0. The summed E-state index contributed by atoms with van der Waals surface area (Å²) in [6.45, 7) is 1.67. The Bertz CT molecular complexity index is 1060. The van der Waals surface area contributed by atoms with Crippen LogP contribution in [-0.4, -0.2) is 31.5 Å². The Morgan fingerprint density at radius 3 is 2.71 bits per heavy atom. The van der Waals surface area contributed by atoms with Crippen LogP contribution in [0.4, 0.5) is 5.82 Å². The minimum atomic E-state index is -0.598. The highest BCUT2D eigenvalue weighted by molar-refractivity contribution is 6.10. The summed E-state index contributed by atoms with van der Waals surface area (Å²) in [5, 5.41) is 16.7. The molecular formula is C18H18N6O4. The third-order valence-electron chi connectivity index (χ3n) is 3.67. The molecular weight excluding hydrogens is 364 g/mol. The van der Waals surface area contributed by atoms with Crippen LogP contribution in [0.5, 0.6) is 0 Å². The molecule has 1 aromatic carbocycles. The number of pyridine rings is 1. The van der Waals surface area contributed by atoms with E-state index in [0.717, 1.165) is 0 Å². The van der Waals surface area contributed by atoms with E-state index in [1.807, 2.05) is 35.8 Å². The highest BCUT2D eigenvalue weighted by atomic mass is 16.6. The van der Waals surface area contributed by atoms with Crippen molar-refractivity contribution in [3.63, 3.8) is 0 Å². The second kappa shape index (κ2) is 8.73. The summed E-state index contributed by atoms with van der Waals surface area (Å²) in [6, 6.07) is 14.4. The molecule has 0 fully saturated rings. The van der Waals surface area contributed by atoms with Crippen LogP contribution in [0.2, 0.25) is 0 Å². The Morgan fingerprint density at radius 2 is 2.04 bits per heavy atom. The highest BCUT2D eigenvalue weighted by Gasteiger charge is 2.17. The van der Waals surface area contributed by atoms with Gasteiger partial charge in [-0.1, -0.05) is 46.7 Å². The van der Waals surface area contributed by atoms with E-state index < -0.39 is 5.76 Å². The first-order chi connectivity index (χ1) is 13.6. The molecule has 144 valence electrons. The summed E-state index contributed by atoms with van der Waals surface area (Å²) in [7, 11) is 1.53. The van der Waals surface area contributed by atoms with E-state index in [1.165, 1.54) is 11.6 Å². The van der Waals surface area contributed by atoms with Gasteiger partial charge in [-0.3, -0.25) is 19.8 Å². The zero-order chi connectivity index (χ0) is 19.9. The van der Waals surface area contributed by atoms with Crippen LogP contribution >= 0.6 is 0 Å². The van der Waals surface area contributed by atoms with Crippen LogP contribution in [0.15, 0.2) is 68.0 Å². The zero-order valence-electron chi connectivity index (χ0n) is 15.2. The normalized spacial score (nSPS) is 12.1. The first-order valence-corrected chi connectivity index (χ1v) is 8.28. The van der Waals surface area contributed by atoms with Crippen LogP contribution in [-0.2, 0) is 18.5 Å². The predicted octanol–water partition coefficient (Wildman–Crippen LogP) is 1.77. The van der Waals surface area contributed by atoms with E-state index in [-0.39, 0.29) is 12.4 Å². The van der Waals surface area contributed by atoms with E-state index in [1.54, 1.807) is 25.1 Å². The number of hydroxylamine groups is 1.